The first-order chi connectivity index (χ1) is 8.55. The average Bonchev–Trinajstić information content (AvgIpc) is 2.30. The van der Waals surface area contributed by atoms with Crippen molar-refractivity contribution in [3.8, 4) is 11.8 Å². The Balaban J connectivity index is 2.58. The molecule has 1 aliphatic rings. The molecule has 1 heterocycles. The molecular formula is C15H19NO2. The van der Waals surface area contributed by atoms with E-state index in [1.165, 1.54) is 16.7 Å². The van der Waals surface area contributed by atoms with Crippen LogP contribution in [0.15, 0.2) is 6.07 Å². The first kappa shape index (κ1) is 12.9. The number of nitrogens with zero attached hydrogens (tertiary/aromatic N) is 1. The van der Waals surface area contributed by atoms with Gasteiger partial charge in [-0.2, -0.15) is 5.26 Å². The summed E-state index contributed by atoms with van der Waals surface area (Å²) in [4.78, 5) is 0. The van der Waals surface area contributed by atoms with Gasteiger partial charge in [0.05, 0.1) is 31.8 Å². The maximum atomic E-state index is 9.05. The second kappa shape index (κ2) is 4.62. The molecule has 1 fully saturated rings. The van der Waals surface area contributed by atoms with Gasteiger partial charge in [0.25, 0.3) is 0 Å². The molecule has 18 heavy (non-hydrogen) atoms. The van der Waals surface area contributed by atoms with Gasteiger partial charge >= 0.3 is 0 Å². The van der Waals surface area contributed by atoms with Crippen molar-refractivity contribution < 1.29 is 9.47 Å². The molecule has 0 aliphatic carbocycles. The predicted molar refractivity (Wildman–Crippen MR) is 69.9 cm³/mol. The Kier molecular flexibility index (Phi) is 3.32. The highest BCUT2D eigenvalue weighted by Crippen LogP contribution is 2.42. The van der Waals surface area contributed by atoms with Gasteiger partial charge in [-0.1, -0.05) is 0 Å². The van der Waals surface area contributed by atoms with E-state index in [1.54, 1.807) is 7.11 Å². The highest BCUT2D eigenvalue weighted by molar-refractivity contribution is 5.52. The van der Waals surface area contributed by atoms with Crippen molar-refractivity contribution in [3.05, 3.63) is 28.3 Å². The highest BCUT2D eigenvalue weighted by Gasteiger charge is 2.42. The standard InChI is InChI=1S/C15H19NO2/c1-10-7-13(17-4)11(2)12(3)14(10)15(5-6-16)8-18-9-15/h7H,5,8-9H2,1-4H3. The summed E-state index contributed by atoms with van der Waals surface area (Å²) >= 11 is 0. The van der Waals surface area contributed by atoms with Gasteiger partial charge in [0.2, 0.25) is 0 Å². The summed E-state index contributed by atoms with van der Waals surface area (Å²) < 4.78 is 10.8. The Morgan fingerprint density at radius 2 is 2.00 bits per heavy atom. The lowest BCUT2D eigenvalue weighted by Crippen LogP contribution is -2.47. The van der Waals surface area contributed by atoms with Crippen LogP contribution in [-0.4, -0.2) is 20.3 Å². The van der Waals surface area contributed by atoms with Gasteiger partial charge in [0, 0.05) is 6.42 Å². The molecule has 96 valence electrons. The lowest BCUT2D eigenvalue weighted by Gasteiger charge is -2.42. The number of methoxy groups -OCH3 is 1. The van der Waals surface area contributed by atoms with Crippen LogP contribution in [0.3, 0.4) is 0 Å². The third-order valence-electron chi connectivity index (χ3n) is 3.97. The number of ether oxygens (including phenoxy) is 2. The van der Waals surface area contributed by atoms with Gasteiger partial charge in [-0.15, -0.1) is 0 Å². The zero-order chi connectivity index (χ0) is 13.3. The SMILES string of the molecule is COc1cc(C)c(C2(CC#N)COC2)c(C)c1C. The van der Waals surface area contributed by atoms with Gasteiger partial charge in [0.15, 0.2) is 0 Å². The van der Waals surface area contributed by atoms with Crippen molar-refractivity contribution in [2.24, 2.45) is 0 Å². The quantitative estimate of drug-likeness (QED) is 0.822. The molecule has 0 bridgehead atoms. The van der Waals surface area contributed by atoms with E-state index in [9.17, 15) is 0 Å². The number of benzene rings is 1. The van der Waals surface area contributed by atoms with E-state index >= 15 is 0 Å². The summed E-state index contributed by atoms with van der Waals surface area (Å²) in [6, 6.07) is 4.36. The summed E-state index contributed by atoms with van der Waals surface area (Å²) in [5.74, 6) is 0.918. The van der Waals surface area contributed by atoms with Gasteiger partial charge in [0.1, 0.15) is 5.75 Å². The summed E-state index contributed by atoms with van der Waals surface area (Å²) in [5, 5.41) is 9.05. The lowest BCUT2D eigenvalue weighted by atomic mass is 9.72. The van der Waals surface area contributed by atoms with E-state index in [4.69, 9.17) is 14.7 Å². The molecule has 1 aromatic carbocycles. The predicted octanol–water partition coefficient (Wildman–Crippen LogP) is 2.80. The minimum absolute atomic E-state index is 0.111. The molecule has 1 saturated heterocycles. The van der Waals surface area contributed by atoms with E-state index in [2.05, 4.69) is 32.9 Å². The summed E-state index contributed by atoms with van der Waals surface area (Å²) in [6.45, 7) is 7.55. The maximum absolute atomic E-state index is 9.05. The van der Waals surface area contributed by atoms with Crippen LogP contribution >= 0.6 is 0 Å². The van der Waals surface area contributed by atoms with Gasteiger partial charge in [-0.25, -0.2) is 0 Å². The highest BCUT2D eigenvalue weighted by atomic mass is 16.5. The van der Waals surface area contributed by atoms with Crippen LogP contribution in [0.2, 0.25) is 0 Å². The Hall–Kier alpha value is -1.53. The van der Waals surface area contributed by atoms with E-state index in [1.807, 2.05) is 0 Å². The van der Waals surface area contributed by atoms with E-state index in [-0.39, 0.29) is 5.41 Å². The largest absolute Gasteiger partial charge is 0.496 e. The summed E-state index contributed by atoms with van der Waals surface area (Å²) in [7, 11) is 1.69. The second-order valence-electron chi connectivity index (χ2n) is 5.13. The molecule has 0 atom stereocenters. The van der Waals surface area contributed by atoms with E-state index in [0.29, 0.717) is 19.6 Å². The Labute approximate surface area is 108 Å². The normalized spacial score (nSPS) is 16.8. The molecule has 0 unspecified atom stereocenters. The van der Waals surface area contributed by atoms with Crippen molar-refractivity contribution in [2.45, 2.75) is 32.6 Å². The van der Waals surface area contributed by atoms with Crippen LogP contribution in [0.1, 0.15) is 28.7 Å². The zero-order valence-electron chi connectivity index (χ0n) is 11.5. The molecule has 0 saturated carbocycles. The third-order valence-corrected chi connectivity index (χ3v) is 3.97. The van der Waals surface area contributed by atoms with Crippen LogP contribution in [0, 0.1) is 32.1 Å². The zero-order valence-corrected chi connectivity index (χ0v) is 11.5. The molecule has 1 aliphatic heterocycles. The van der Waals surface area contributed by atoms with Crippen molar-refractivity contribution in [2.75, 3.05) is 20.3 Å². The molecule has 3 nitrogen and oxygen atoms in total. The van der Waals surface area contributed by atoms with Crippen molar-refractivity contribution in [1.82, 2.24) is 0 Å². The average molecular weight is 245 g/mol. The van der Waals surface area contributed by atoms with Crippen molar-refractivity contribution >= 4 is 0 Å². The molecule has 1 aromatic rings. The van der Waals surface area contributed by atoms with Crippen LogP contribution in [0.4, 0.5) is 0 Å². The van der Waals surface area contributed by atoms with Crippen LogP contribution in [0.5, 0.6) is 5.75 Å². The Bertz CT molecular complexity index is 510. The third kappa shape index (κ3) is 1.77. The molecule has 0 aromatic heterocycles. The maximum Gasteiger partial charge on any atom is 0.122 e. The van der Waals surface area contributed by atoms with Crippen LogP contribution in [-0.2, 0) is 10.2 Å². The number of hydrogen-bond donors (Lipinski definition) is 0. The fourth-order valence-electron chi connectivity index (χ4n) is 2.91. The van der Waals surface area contributed by atoms with Crippen molar-refractivity contribution in [1.29, 1.82) is 5.26 Å². The van der Waals surface area contributed by atoms with Gasteiger partial charge < -0.3 is 9.47 Å². The van der Waals surface area contributed by atoms with Gasteiger partial charge in [-0.05, 0) is 49.1 Å². The molecule has 0 spiro atoms. The van der Waals surface area contributed by atoms with Crippen LogP contribution in [0.25, 0.3) is 0 Å². The molecule has 3 heteroatoms. The fraction of sp³-hybridized carbons (Fsp3) is 0.533. The number of nitriles is 1. The second-order valence-corrected chi connectivity index (χ2v) is 5.13. The number of hydrogen-bond acceptors (Lipinski definition) is 3. The lowest BCUT2D eigenvalue weighted by molar-refractivity contribution is -0.0583. The first-order valence-corrected chi connectivity index (χ1v) is 6.15. The molecule has 0 amide bonds. The topological polar surface area (TPSA) is 42.2 Å². The fourth-order valence-corrected chi connectivity index (χ4v) is 2.91. The van der Waals surface area contributed by atoms with Crippen LogP contribution < -0.4 is 4.74 Å². The molecular weight excluding hydrogens is 226 g/mol. The number of aryl methyl sites for hydroxylation is 1. The summed E-state index contributed by atoms with van der Waals surface area (Å²) in [5.41, 5.74) is 4.73. The summed E-state index contributed by atoms with van der Waals surface area (Å²) in [6.07, 6.45) is 0.514. The first-order valence-electron chi connectivity index (χ1n) is 6.15. The Morgan fingerprint density at radius 3 is 2.44 bits per heavy atom. The molecule has 0 radical (unpaired) electrons. The smallest absolute Gasteiger partial charge is 0.122 e. The van der Waals surface area contributed by atoms with E-state index in [0.717, 1.165) is 11.3 Å². The Morgan fingerprint density at radius 1 is 1.33 bits per heavy atom. The minimum Gasteiger partial charge on any atom is -0.496 e. The number of rotatable bonds is 3. The van der Waals surface area contributed by atoms with Gasteiger partial charge in [-0.3, -0.25) is 0 Å². The molecule has 0 N–H and O–H groups in total. The molecule has 2 rings (SSSR count). The monoisotopic (exact) mass is 245 g/mol. The minimum atomic E-state index is -0.111. The van der Waals surface area contributed by atoms with Crippen molar-refractivity contribution in [3.63, 3.8) is 0 Å². The van der Waals surface area contributed by atoms with E-state index < -0.39 is 0 Å².